The molecule has 1 fully saturated rings. The van der Waals surface area contributed by atoms with Gasteiger partial charge in [-0.2, -0.15) is 0 Å². The summed E-state index contributed by atoms with van der Waals surface area (Å²) in [6.07, 6.45) is 3.25. The van der Waals surface area contributed by atoms with Gasteiger partial charge < -0.3 is 20.1 Å². The number of aliphatic imine (C=N–C) groups is 1. The van der Waals surface area contributed by atoms with Crippen molar-refractivity contribution in [2.75, 3.05) is 32.8 Å². The molecule has 0 amide bonds. The Balaban J connectivity index is 0.00000208. The van der Waals surface area contributed by atoms with Gasteiger partial charge in [0.1, 0.15) is 13.2 Å². The summed E-state index contributed by atoms with van der Waals surface area (Å²) in [5, 5.41) is 0.596. The number of hydrogen-bond donors (Lipinski definition) is 1. The molecule has 1 saturated heterocycles. The first kappa shape index (κ1) is 19.4. The van der Waals surface area contributed by atoms with E-state index in [4.69, 9.17) is 26.8 Å². The minimum absolute atomic E-state index is 0. The van der Waals surface area contributed by atoms with Crippen molar-refractivity contribution in [2.45, 2.75) is 26.2 Å². The number of hydrogen-bond acceptors (Lipinski definition) is 3. The zero-order valence-electron chi connectivity index (χ0n) is 14.0. The van der Waals surface area contributed by atoms with E-state index in [0.29, 0.717) is 42.4 Å². The first-order valence-electron chi connectivity index (χ1n) is 8.26. The van der Waals surface area contributed by atoms with Crippen LogP contribution >= 0.6 is 35.6 Å². The largest absolute Gasteiger partial charge is 0.486 e. The maximum atomic E-state index is 6.25. The van der Waals surface area contributed by atoms with Crippen molar-refractivity contribution in [2.24, 2.45) is 16.6 Å². The van der Waals surface area contributed by atoms with E-state index in [1.807, 2.05) is 12.1 Å². The molecular formula is C17H25ClIN3O2. The average molecular weight is 466 g/mol. The lowest BCUT2D eigenvalue weighted by Gasteiger charge is -2.31. The molecule has 24 heavy (non-hydrogen) atoms. The summed E-state index contributed by atoms with van der Waals surface area (Å²) in [5.41, 5.74) is 7.21. The van der Waals surface area contributed by atoms with Gasteiger partial charge in [0.15, 0.2) is 17.5 Å². The van der Waals surface area contributed by atoms with Crippen molar-refractivity contribution < 1.29 is 9.47 Å². The Bertz CT molecular complexity index is 597. The van der Waals surface area contributed by atoms with Crippen LogP contribution in [0.4, 0.5) is 0 Å². The van der Waals surface area contributed by atoms with Gasteiger partial charge in [0.2, 0.25) is 0 Å². The van der Waals surface area contributed by atoms with E-state index in [0.717, 1.165) is 30.8 Å². The van der Waals surface area contributed by atoms with Gasteiger partial charge in [-0.05, 0) is 42.9 Å². The second kappa shape index (κ2) is 8.99. The molecule has 0 aromatic heterocycles. The topological polar surface area (TPSA) is 60.1 Å². The lowest BCUT2D eigenvalue weighted by molar-refractivity contribution is 0.171. The van der Waals surface area contributed by atoms with E-state index >= 15 is 0 Å². The minimum Gasteiger partial charge on any atom is -0.486 e. The van der Waals surface area contributed by atoms with Crippen LogP contribution < -0.4 is 15.2 Å². The Morgan fingerprint density at radius 3 is 2.96 bits per heavy atom. The van der Waals surface area contributed by atoms with E-state index in [1.54, 1.807) is 0 Å². The monoisotopic (exact) mass is 465 g/mol. The molecule has 3 rings (SSSR count). The number of nitrogens with zero attached hydrogens (tertiary/aromatic N) is 2. The second-order valence-electron chi connectivity index (χ2n) is 6.29. The molecule has 2 aliphatic heterocycles. The van der Waals surface area contributed by atoms with Gasteiger partial charge in [-0.15, -0.1) is 24.0 Å². The highest BCUT2D eigenvalue weighted by molar-refractivity contribution is 14.0. The van der Waals surface area contributed by atoms with Crippen molar-refractivity contribution in [3.63, 3.8) is 0 Å². The molecule has 134 valence electrons. The molecule has 0 aliphatic carbocycles. The summed E-state index contributed by atoms with van der Waals surface area (Å²) in [4.78, 5) is 6.71. The van der Waals surface area contributed by atoms with Crippen LogP contribution in [0.15, 0.2) is 17.1 Å². The van der Waals surface area contributed by atoms with Crippen LogP contribution in [0.25, 0.3) is 0 Å². The van der Waals surface area contributed by atoms with Crippen molar-refractivity contribution >= 4 is 41.5 Å². The number of halogens is 2. The maximum Gasteiger partial charge on any atom is 0.191 e. The Morgan fingerprint density at radius 1 is 1.38 bits per heavy atom. The zero-order valence-corrected chi connectivity index (χ0v) is 17.0. The van der Waals surface area contributed by atoms with E-state index in [2.05, 4.69) is 16.8 Å². The number of likely N-dealkylation sites (tertiary alicyclic amines) is 1. The molecule has 0 bridgehead atoms. The fourth-order valence-electron chi connectivity index (χ4n) is 3.11. The standard InChI is InChI=1S/C17H24ClN3O2.HI/c1-12-3-2-6-21(11-12)17(19)20-5-4-13-9-14(18)16-15(10-13)22-7-8-23-16;/h9-10,12H,2-8,11H2,1H3,(H2,19,20);1H. The number of fused-ring (bicyclic) bond motifs is 1. The van der Waals surface area contributed by atoms with Crippen LogP contribution in [-0.4, -0.2) is 43.7 Å². The van der Waals surface area contributed by atoms with E-state index in [9.17, 15) is 0 Å². The van der Waals surface area contributed by atoms with Gasteiger partial charge in [0.05, 0.1) is 5.02 Å². The smallest absolute Gasteiger partial charge is 0.191 e. The highest BCUT2D eigenvalue weighted by Gasteiger charge is 2.18. The summed E-state index contributed by atoms with van der Waals surface area (Å²) in [6.45, 7) is 6.02. The number of piperidine rings is 1. The van der Waals surface area contributed by atoms with E-state index in [1.165, 1.54) is 12.8 Å². The van der Waals surface area contributed by atoms with Crippen LogP contribution in [0.5, 0.6) is 11.5 Å². The van der Waals surface area contributed by atoms with Crippen LogP contribution in [0.3, 0.4) is 0 Å². The number of ether oxygens (including phenoxy) is 2. The first-order valence-corrected chi connectivity index (χ1v) is 8.64. The molecule has 1 unspecified atom stereocenters. The summed E-state index contributed by atoms with van der Waals surface area (Å²) in [6, 6.07) is 3.90. The SMILES string of the molecule is CC1CCCN(C(N)=NCCc2cc(Cl)c3c(c2)OCCO3)C1.I. The van der Waals surface area contributed by atoms with Crippen molar-refractivity contribution in [1.82, 2.24) is 4.90 Å². The molecular weight excluding hydrogens is 441 g/mol. The lowest BCUT2D eigenvalue weighted by Crippen LogP contribution is -2.43. The fraction of sp³-hybridized carbons (Fsp3) is 0.588. The van der Waals surface area contributed by atoms with Gasteiger partial charge in [-0.25, -0.2) is 0 Å². The minimum atomic E-state index is 0. The molecule has 1 aromatic rings. The summed E-state index contributed by atoms with van der Waals surface area (Å²) in [5.74, 6) is 2.71. The van der Waals surface area contributed by atoms with Gasteiger partial charge in [-0.3, -0.25) is 4.99 Å². The molecule has 2 aliphatic rings. The highest BCUT2D eigenvalue weighted by atomic mass is 127. The van der Waals surface area contributed by atoms with Gasteiger partial charge in [-0.1, -0.05) is 18.5 Å². The first-order chi connectivity index (χ1) is 11.1. The maximum absolute atomic E-state index is 6.25. The van der Waals surface area contributed by atoms with Crippen LogP contribution in [0.2, 0.25) is 5.02 Å². The second-order valence-corrected chi connectivity index (χ2v) is 6.69. The highest BCUT2D eigenvalue weighted by Crippen LogP contribution is 2.38. The van der Waals surface area contributed by atoms with E-state index < -0.39 is 0 Å². The fourth-order valence-corrected chi connectivity index (χ4v) is 3.39. The van der Waals surface area contributed by atoms with Crippen molar-refractivity contribution in [3.05, 3.63) is 22.7 Å². The number of nitrogens with two attached hydrogens (primary N) is 1. The summed E-state index contributed by atoms with van der Waals surface area (Å²) < 4.78 is 11.1. The van der Waals surface area contributed by atoms with Crippen LogP contribution in [0.1, 0.15) is 25.3 Å². The third kappa shape index (κ3) is 4.81. The summed E-state index contributed by atoms with van der Waals surface area (Å²) in [7, 11) is 0. The Labute approximate surface area is 165 Å². The van der Waals surface area contributed by atoms with Gasteiger partial charge in [0, 0.05) is 19.6 Å². The third-order valence-corrected chi connectivity index (χ3v) is 4.59. The predicted octanol–water partition coefficient (Wildman–Crippen LogP) is 3.32. The van der Waals surface area contributed by atoms with Crippen molar-refractivity contribution in [3.8, 4) is 11.5 Å². The number of guanidine groups is 1. The molecule has 7 heteroatoms. The molecule has 1 aromatic carbocycles. The number of benzene rings is 1. The van der Waals surface area contributed by atoms with Gasteiger partial charge in [0.25, 0.3) is 0 Å². The van der Waals surface area contributed by atoms with Crippen molar-refractivity contribution in [1.29, 1.82) is 0 Å². The molecule has 0 spiro atoms. The number of rotatable bonds is 3. The Hall–Kier alpha value is -0.890. The predicted molar refractivity (Wildman–Crippen MR) is 108 cm³/mol. The Morgan fingerprint density at radius 2 is 2.17 bits per heavy atom. The van der Waals surface area contributed by atoms with E-state index in [-0.39, 0.29) is 24.0 Å². The normalized spacial score (nSPS) is 20.5. The van der Waals surface area contributed by atoms with Gasteiger partial charge >= 0.3 is 0 Å². The molecule has 0 saturated carbocycles. The lowest BCUT2D eigenvalue weighted by atomic mass is 10.0. The molecule has 1 atom stereocenters. The van der Waals surface area contributed by atoms with Crippen LogP contribution in [-0.2, 0) is 6.42 Å². The Kier molecular flexibility index (Phi) is 7.28. The summed E-state index contributed by atoms with van der Waals surface area (Å²) >= 11 is 6.25. The molecule has 2 N–H and O–H groups in total. The quantitative estimate of drug-likeness (QED) is 0.423. The average Bonchev–Trinajstić information content (AvgIpc) is 2.55. The molecule has 5 nitrogen and oxygen atoms in total. The molecule has 0 radical (unpaired) electrons. The molecule has 2 heterocycles. The zero-order chi connectivity index (χ0) is 16.2. The third-order valence-electron chi connectivity index (χ3n) is 4.31. The van der Waals surface area contributed by atoms with Crippen LogP contribution in [0, 0.1) is 5.92 Å².